The molecule has 1 unspecified atom stereocenters. The van der Waals surface area contributed by atoms with E-state index < -0.39 is 5.97 Å². The maximum absolute atomic E-state index is 10.7. The second kappa shape index (κ2) is 4.82. The van der Waals surface area contributed by atoms with E-state index in [9.17, 15) is 4.79 Å². The Morgan fingerprint density at radius 3 is 2.65 bits per heavy atom. The number of nitrogens with zero attached hydrogens (tertiary/aromatic N) is 2. The van der Waals surface area contributed by atoms with Gasteiger partial charge in [-0.2, -0.15) is 5.10 Å². The smallest absolute Gasteiger partial charge is 0.356 e. The SMILES string of the molecule is CC(Cn1ccc(C(=O)O)n1)c1ccccc1. The van der Waals surface area contributed by atoms with Crippen molar-refractivity contribution in [3.63, 3.8) is 0 Å². The van der Waals surface area contributed by atoms with E-state index in [1.54, 1.807) is 10.9 Å². The summed E-state index contributed by atoms with van der Waals surface area (Å²) in [6.07, 6.45) is 1.70. The number of hydrogen-bond acceptors (Lipinski definition) is 2. The third-order valence-electron chi connectivity index (χ3n) is 2.69. The second-order valence-corrected chi connectivity index (χ2v) is 4.04. The van der Waals surface area contributed by atoms with E-state index in [0.29, 0.717) is 12.5 Å². The Morgan fingerprint density at radius 1 is 1.35 bits per heavy atom. The molecule has 0 aliphatic rings. The lowest BCUT2D eigenvalue weighted by atomic mass is 10.0. The molecule has 1 atom stereocenters. The lowest BCUT2D eigenvalue weighted by molar-refractivity contribution is 0.0689. The van der Waals surface area contributed by atoms with Crippen LogP contribution in [0.4, 0.5) is 0 Å². The van der Waals surface area contributed by atoms with Gasteiger partial charge >= 0.3 is 5.97 Å². The van der Waals surface area contributed by atoms with Crippen molar-refractivity contribution in [3.8, 4) is 0 Å². The Kier molecular flexibility index (Phi) is 3.23. The van der Waals surface area contributed by atoms with E-state index in [1.807, 2.05) is 18.2 Å². The molecule has 4 heteroatoms. The van der Waals surface area contributed by atoms with Gasteiger partial charge < -0.3 is 5.11 Å². The molecule has 17 heavy (non-hydrogen) atoms. The minimum atomic E-state index is -0.990. The predicted octanol–water partition coefficient (Wildman–Crippen LogP) is 2.39. The van der Waals surface area contributed by atoms with Crippen LogP contribution in [0.2, 0.25) is 0 Å². The van der Waals surface area contributed by atoms with E-state index in [0.717, 1.165) is 0 Å². The fourth-order valence-electron chi connectivity index (χ4n) is 1.75. The fourth-order valence-corrected chi connectivity index (χ4v) is 1.75. The number of aromatic carboxylic acids is 1. The van der Waals surface area contributed by atoms with E-state index in [4.69, 9.17) is 5.11 Å². The van der Waals surface area contributed by atoms with Crippen molar-refractivity contribution in [3.05, 3.63) is 53.9 Å². The van der Waals surface area contributed by atoms with Gasteiger partial charge in [-0.15, -0.1) is 0 Å². The number of carboxylic acid groups (broad SMARTS) is 1. The van der Waals surface area contributed by atoms with Crippen LogP contribution in [-0.4, -0.2) is 20.9 Å². The maximum Gasteiger partial charge on any atom is 0.356 e. The first-order chi connectivity index (χ1) is 8.16. The molecule has 2 aromatic rings. The summed E-state index contributed by atoms with van der Waals surface area (Å²) in [5, 5.41) is 12.8. The zero-order chi connectivity index (χ0) is 12.3. The zero-order valence-electron chi connectivity index (χ0n) is 9.58. The van der Waals surface area contributed by atoms with Gasteiger partial charge in [0.1, 0.15) is 0 Å². The molecule has 1 heterocycles. The molecule has 0 amide bonds. The largest absolute Gasteiger partial charge is 0.476 e. The average Bonchev–Trinajstić information content (AvgIpc) is 2.79. The lowest BCUT2D eigenvalue weighted by Gasteiger charge is -2.11. The molecule has 0 saturated heterocycles. The Morgan fingerprint density at radius 2 is 2.06 bits per heavy atom. The first kappa shape index (κ1) is 11.4. The third kappa shape index (κ3) is 2.72. The fraction of sp³-hybridized carbons (Fsp3) is 0.231. The summed E-state index contributed by atoms with van der Waals surface area (Å²) in [6, 6.07) is 11.6. The van der Waals surface area contributed by atoms with Crippen molar-refractivity contribution in [1.82, 2.24) is 9.78 Å². The maximum atomic E-state index is 10.7. The molecule has 1 aromatic carbocycles. The molecule has 0 saturated carbocycles. The second-order valence-electron chi connectivity index (χ2n) is 4.04. The van der Waals surface area contributed by atoms with E-state index in [2.05, 4.69) is 24.2 Å². The zero-order valence-corrected chi connectivity index (χ0v) is 9.58. The highest BCUT2D eigenvalue weighted by Crippen LogP contribution is 2.16. The molecule has 0 bridgehead atoms. The van der Waals surface area contributed by atoms with Crippen LogP contribution in [0, 0.1) is 0 Å². The van der Waals surface area contributed by atoms with E-state index in [1.165, 1.54) is 11.6 Å². The van der Waals surface area contributed by atoms with Crippen LogP contribution in [0.25, 0.3) is 0 Å². The van der Waals surface area contributed by atoms with Crippen molar-refractivity contribution in [1.29, 1.82) is 0 Å². The van der Waals surface area contributed by atoms with Crippen LogP contribution in [0.1, 0.15) is 28.9 Å². The Hall–Kier alpha value is -2.10. The van der Waals surface area contributed by atoms with E-state index >= 15 is 0 Å². The highest BCUT2D eigenvalue weighted by Gasteiger charge is 2.10. The summed E-state index contributed by atoms with van der Waals surface area (Å²) in [5.74, 6) is -0.686. The van der Waals surface area contributed by atoms with Gasteiger partial charge in [0.15, 0.2) is 5.69 Å². The van der Waals surface area contributed by atoms with Gasteiger partial charge in [-0.05, 0) is 11.6 Å². The van der Waals surface area contributed by atoms with Crippen LogP contribution >= 0.6 is 0 Å². The molecule has 1 aromatic heterocycles. The summed E-state index contributed by atoms with van der Waals surface area (Å²) in [6.45, 7) is 2.77. The summed E-state index contributed by atoms with van der Waals surface area (Å²) < 4.78 is 1.67. The van der Waals surface area contributed by atoms with Gasteiger partial charge in [0.05, 0.1) is 0 Å². The number of rotatable bonds is 4. The first-order valence-corrected chi connectivity index (χ1v) is 5.48. The summed E-state index contributed by atoms with van der Waals surface area (Å²) in [4.78, 5) is 10.7. The predicted molar refractivity (Wildman–Crippen MR) is 64.0 cm³/mol. The third-order valence-corrected chi connectivity index (χ3v) is 2.69. The molecule has 0 fully saturated rings. The minimum absolute atomic E-state index is 0.0882. The highest BCUT2D eigenvalue weighted by atomic mass is 16.4. The number of aromatic nitrogens is 2. The molecule has 88 valence electrons. The van der Waals surface area contributed by atoms with Gasteiger partial charge in [0, 0.05) is 18.7 Å². The molecule has 0 aliphatic carbocycles. The van der Waals surface area contributed by atoms with Crippen molar-refractivity contribution >= 4 is 5.97 Å². The van der Waals surface area contributed by atoms with Crippen molar-refractivity contribution in [2.45, 2.75) is 19.4 Å². The quantitative estimate of drug-likeness (QED) is 0.877. The Balaban J connectivity index is 2.08. The summed E-state index contributed by atoms with van der Waals surface area (Å²) in [7, 11) is 0. The monoisotopic (exact) mass is 230 g/mol. The molecule has 0 radical (unpaired) electrons. The van der Waals surface area contributed by atoms with Crippen LogP contribution < -0.4 is 0 Å². The molecule has 0 spiro atoms. The van der Waals surface area contributed by atoms with Gasteiger partial charge in [0.25, 0.3) is 0 Å². The highest BCUT2D eigenvalue weighted by molar-refractivity contribution is 5.84. The van der Waals surface area contributed by atoms with Crippen LogP contribution in [-0.2, 0) is 6.54 Å². The number of hydrogen-bond donors (Lipinski definition) is 1. The van der Waals surface area contributed by atoms with Crippen LogP contribution in [0.3, 0.4) is 0 Å². The topological polar surface area (TPSA) is 55.1 Å². The standard InChI is InChI=1S/C13H14N2O2/c1-10(11-5-3-2-4-6-11)9-15-8-7-12(14-15)13(16)17/h2-8,10H,9H2,1H3,(H,16,17). The van der Waals surface area contributed by atoms with Crippen molar-refractivity contribution in [2.24, 2.45) is 0 Å². The summed E-state index contributed by atoms with van der Waals surface area (Å²) >= 11 is 0. The molecule has 1 N–H and O–H groups in total. The number of carbonyl (C=O) groups is 1. The molecular weight excluding hydrogens is 216 g/mol. The first-order valence-electron chi connectivity index (χ1n) is 5.48. The number of benzene rings is 1. The van der Waals surface area contributed by atoms with Gasteiger partial charge in [-0.3, -0.25) is 4.68 Å². The lowest BCUT2D eigenvalue weighted by Crippen LogP contribution is -2.08. The Labute approximate surface area is 99.5 Å². The van der Waals surface area contributed by atoms with Crippen LogP contribution in [0.15, 0.2) is 42.6 Å². The van der Waals surface area contributed by atoms with Gasteiger partial charge in [-0.25, -0.2) is 4.79 Å². The molecule has 0 aliphatic heterocycles. The Bertz CT molecular complexity index is 505. The average molecular weight is 230 g/mol. The molecule has 4 nitrogen and oxygen atoms in total. The van der Waals surface area contributed by atoms with Crippen LogP contribution in [0.5, 0.6) is 0 Å². The van der Waals surface area contributed by atoms with Gasteiger partial charge in [0.2, 0.25) is 0 Å². The number of carboxylic acids is 1. The van der Waals surface area contributed by atoms with Crippen molar-refractivity contribution in [2.75, 3.05) is 0 Å². The van der Waals surface area contributed by atoms with E-state index in [-0.39, 0.29) is 5.69 Å². The van der Waals surface area contributed by atoms with Crippen molar-refractivity contribution < 1.29 is 9.90 Å². The summed E-state index contributed by atoms with van der Waals surface area (Å²) in [5.41, 5.74) is 1.31. The normalized spacial score (nSPS) is 12.3. The van der Waals surface area contributed by atoms with Gasteiger partial charge in [-0.1, -0.05) is 37.3 Å². The molecule has 2 rings (SSSR count). The minimum Gasteiger partial charge on any atom is -0.476 e. The molecular formula is C13H14N2O2.